The Hall–Kier alpha value is -2.20. The smallest absolute Gasteiger partial charge is 0.274 e. The summed E-state index contributed by atoms with van der Waals surface area (Å²) in [5, 5.41) is 9.38. The van der Waals surface area contributed by atoms with E-state index >= 15 is 0 Å². The highest BCUT2D eigenvalue weighted by molar-refractivity contribution is 9.10. The van der Waals surface area contributed by atoms with E-state index in [2.05, 4.69) is 41.6 Å². The van der Waals surface area contributed by atoms with E-state index in [4.69, 9.17) is 34.8 Å². The van der Waals surface area contributed by atoms with Crippen molar-refractivity contribution in [2.75, 3.05) is 12.4 Å². The number of carbonyl (C=O) groups excluding carboxylic acids is 2. The van der Waals surface area contributed by atoms with Crippen molar-refractivity contribution in [3.05, 3.63) is 61.7 Å². The average molecular weight is 505 g/mol. The van der Waals surface area contributed by atoms with Crippen molar-refractivity contribution in [1.29, 1.82) is 0 Å². The minimum atomic E-state index is -0.615. The fourth-order valence-corrected chi connectivity index (χ4v) is 3.36. The van der Waals surface area contributed by atoms with Gasteiger partial charge in [-0.25, -0.2) is 14.6 Å². The van der Waals surface area contributed by atoms with E-state index < -0.39 is 11.8 Å². The van der Waals surface area contributed by atoms with Crippen LogP contribution < -0.4 is 10.6 Å². The monoisotopic (exact) mass is 502 g/mol. The Balaban J connectivity index is 2.05. The molecule has 3 heterocycles. The highest BCUT2D eigenvalue weighted by atomic mass is 79.9. The minimum absolute atomic E-state index is 0.00593. The van der Waals surface area contributed by atoms with E-state index in [9.17, 15) is 9.59 Å². The van der Waals surface area contributed by atoms with Crippen LogP contribution in [0.1, 0.15) is 20.8 Å². The maximum absolute atomic E-state index is 12.9. The van der Waals surface area contributed by atoms with E-state index in [1.165, 1.54) is 30.1 Å². The average Bonchev–Trinajstić information content (AvgIpc) is 3.05. The molecule has 12 heteroatoms. The highest BCUT2D eigenvalue weighted by Crippen LogP contribution is 2.29. The van der Waals surface area contributed by atoms with Crippen molar-refractivity contribution in [1.82, 2.24) is 25.1 Å². The fourth-order valence-electron chi connectivity index (χ4n) is 2.30. The van der Waals surface area contributed by atoms with Crippen LogP contribution in [-0.2, 0) is 0 Å². The van der Waals surface area contributed by atoms with E-state index in [0.29, 0.717) is 9.63 Å². The van der Waals surface area contributed by atoms with Gasteiger partial charge in [0.1, 0.15) is 15.5 Å². The standard InChI is InChI=1S/C16H10BrCl3N6O2/c1-21-15(27)7-5-11(19)23-13(20)12(7)24-16(28)9-6-10(17)25-26(9)14-8(18)3-2-4-22-14/h2-6H,1H3,(H,21,27)(H,24,28). The number of aromatic nitrogens is 4. The van der Waals surface area contributed by atoms with Crippen molar-refractivity contribution < 1.29 is 9.59 Å². The van der Waals surface area contributed by atoms with Crippen LogP contribution in [0.3, 0.4) is 0 Å². The van der Waals surface area contributed by atoms with Gasteiger partial charge in [0.25, 0.3) is 11.8 Å². The number of carbonyl (C=O) groups is 2. The van der Waals surface area contributed by atoms with Gasteiger partial charge in [-0.1, -0.05) is 34.8 Å². The lowest BCUT2D eigenvalue weighted by Crippen LogP contribution is -2.23. The highest BCUT2D eigenvalue weighted by Gasteiger charge is 2.23. The number of rotatable bonds is 4. The molecular formula is C16H10BrCl3N6O2. The summed E-state index contributed by atoms with van der Waals surface area (Å²) in [7, 11) is 1.44. The first-order valence-corrected chi connectivity index (χ1v) is 9.50. The lowest BCUT2D eigenvalue weighted by atomic mass is 10.2. The molecule has 0 radical (unpaired) electrons. The van der Waals surface area contributed by atoms with Crippen LogP contribution in [0.2, 0.25) is 15.3 Å². The van der Waals surface area contributed by atoms with Crippen LogP contribution >= 0.6 is 50.7 Å². The van der Waals surface area contributed by atoms with Gasteiger partial charge in [-0.05, 0) is 34.1 Å². The number of hydrogen-bond acceptors (Lipinski definition) is 5. The molecule has 144 valence electrons. The third-order valence-electron chi connectivity index (χ3n) is 3.51. The summed E-state index contributed by atoms with van der Waals surface area (Å²) in [5.41, 5.74) is 0.162. The first kappa shape index (κ1) is 20.5. The summed E-state index contributed by atoms with van der Waals surface area (Å²) in [6.45, 7) is 0. The van der Waals surface area contributed by atoms with Gasteiger partial charge in [0.2, 0.25) is 0 Å². The SMILES string of the molecule is CNC(=O)c1cc(Cl)nc(Cl)c1NC(=O)c1cc(Br)nn1-c1ncccc1Cl. The second-order valence-electron chi connectivity index (χ2n) is 5.26. The Bertz CT molecular complexity index is 1090. The maximum atomic E-state index is 12.9. The van der Waals surface area contributed by atoms with Crippen LogP contribution in [0.5, 0.6) is 0 Å². The number of pyridine rings is 2. The van der Waals surface area contributed by atoms with Crippen molar-refractivity contribution in [3.63, 3.8) is 0 Å². The number of amides is 2. The summed E-state index contributed by atoms with van der Waals surface area (Å²) in [6.07, 6.45) is 1.52. The summed E-state index contributed by atoms with van der Waals surface area (Å²) in [5.74, 6) is -0.855. The van der Waals surface area contributed by atoms with Gasteiger partial charge in [-0.2, -0.15) is 5.10 Å². The summed E-state index contributed by atoms with van der Waals surface area (Å²) < 4.78 is 1.64. The predicted octanol–water partition coefficient (Wildman–Crippen LogP) is 4.00. The third kappa shape index (κ3) is 4.12. The first-order chi connectivity index (χ1) is 13.3. The van der Waals surface area contributed by atoms with E-state index in [0.717, 1.165) is 0 Å². The second-order valence-corrected chi connectivity index (χ2v) is 7.23. The van der Waals surface area contributed by atoms with Gasteiger partial charge in [0, 0.05) is 19.3 Å². The fraction of sp³-hybridized carbons (Fsp3) is 0.0625. The van der Waals surface area contributed by atoms with Crippen molar-refractivity contribution in [2.45, 2.75) is 0 Å². The molecule has 0 aliphatic rings. The summed E-state index contributed by atoms with van der Waals surface area (Å²) >= 11 is 21.4. The molecule has 0 saturated carbocycles. The van der Waals surface area contributed by atoms with Crippen molar-refractivity contribution in [2.24, 2.45) is 0 Å². The second kappa shape index (κ2) is 8.44. The van der Waals surface area contributed by atoms with E-state index in [1.54, 1.807) is 12.1 Å². The Morgan fingerprint density at radius 2 is 1.93 bits per heavy atom. The van der Waals surface area contributed by atoms with E-state index in [-0.39, 0.29) is 33.1 Å². The number of nitrogens with zero attached hydrogens (tertiary/aromatic N) is 4. The normalized spacial score (nSPS) is 10.6. The molecule has 0 atom stereocenters. The van der Waals surface area contributed by atoms with Crippen LogP contribution in [0.4, 0.5) is 5.69 Å². The lowest BCUT2D eigenvalue weighted by Gasteiger charge is -2.13. The molecule has 0 unspecified atom stereocenters. The Kier molecular flexibility index (Phi) is 6.19. The van der Waals surface area contributed by atoms with Gasteiger partial charge in [0.15, 0.2) is 11.0 Å². The molecule has 28 heavy (non-hydrogen) atoms. The van der Waals surface area contributed by atoms with Gasteiger partial charge in [0.05, 0.1) is 16.3 Å². The number of nitrogens with one attached hydrogen (secondary N) is 2. The largest absolute Gasteiger partial charge is 0.355 e. The number of hydrogen-bond donors (Lipinski definition) is 2. The molecule has 0 spiro atoms. The molecule has 3 aromatic rings. The maximum Gasteiger partial charge on any atom is 0.274 e. The summed E-state index contributed by atoms with van der Waals surface area (Å²) in [6, 6.07) is 6.03. The quantitative estimate of drug-likeness (QED) is 0.523. The first-order valence-electron chi connectivity index (χ1n) is 7.57. The number of anilines is 1. The van der Waals surface area contributed by atoms with Gasteiger partial charge in [-0.3, -0.25) is 9.59 Å². The van der Waals surface area contributed by atoms with Crippen molar-refractivity contribution >= 4 is 68.2 Å². The molecule has 2 N–H and O–H groups in total. The molecule has 0 aromatic carbocycles. The van der Waals surface area contributed by atoms with Crippen molar-refractivity contribution in [3.8, 4) is 5.82 Å². The Morgan fingerprint density at radius 3 is 2.61 bits per heavy atom. The van der Waals surface area contributed by atoms with Crippen LogP contribution in [0, 0.1) is 0 Å². The zero-order valence-corrected chi connectivity index (χ0v) is 17.9. The van der Waals surface area contributed by atoms with E-state index in [1.807, 2.05) is 0 Å². The summed E-state index contributed by atoms with van der Waals surface area (Å²) in [4.78, 5) is 33.1. The molecule has 0 saturated heterocycles. The van der Waals surface area contributed by atoms with Crippen LogP contribution in [-0.4, -0.2) is 38.6 Å². The molecule has 0 fully saturated rings. The molecular weight excluding hydrogens is 494 g/mol. The van der Waals surface area contributed by atoms with Gasteiger partial charge >= 0.3 is 0 Å². The van der Waals surface area contributed by atoms with Gasteiger partial charge < -0.3 is 10.6 Å². The zero-order valence-electron chi connectivity index (χ0n) is 14.0. The predicted molar refractivity (Wildman–Crippen MR) is 110 cm³/mol. The van der Waals surface area contributed by atoms with Crippen LogP contribution in [0.15, 0.2) is 35.1 Å². The number of halogens is 4. The molecule has 3 rings (SSSR count). The molecule has 0 aliphatic carbocycles. The Morgan fingerprint density at radius 1 is 1.18 bits per heavy atom. The Labute approximate surface area is 182 Å². The molecule has 2 amide bonds. The lowest BCUT2D eigenvalue weighted by molar-refractivity contribution is 0.0964. The molecule has 3 aromatic heterocycles. The minimum Gasteiger partial charge on any atom is -0.355 e. The van der Waals surface area contributed by atoms with Gasteiger partial charge in [-0.15, -0.1) is 0 Å². The van der Waals surface area contributed by atoms with Crippen LogP contribution in [0.25, 0.3) is 5.82 Å². The zero-order chi connectivity index (χ0) is 20.4. The molecule has 0 bridgehead atoms. The molecule has 0 aliphatic heterocycles. The third-order valence-corrected chi connectivity index (χ3v) is 4.66. The molecule has 8 nitrogen and oxygen atoms in total. The topological polar surface area (TPSA) is 102 Å².